The van der Waals surface area contributed by atoms with Crippen molar-refractivity contribution >= 4 is 21.2 Å². The quantitative estimate of drug-likeness (QED) is 0.401. The van der Waals surface area contributed by atoms with Gasteiger partial charge in [-0.25, -0.2) is 0 Å². The minimum atomic E-state index is -5.08. The second-order valence-electron chi connectivity index (χ2n) is 3.48. The SMILES string of the molecule is CCOC(=O)C1CC1(P(=O)(O)O)P(=O)(O)O. The van der Waals surface area contributed by atoms with Gasteiger partial charge in [-0.2, -0.15) is 0 Å². The molecule has 94 valence electrons. The van der Waals surface area contributed by atoms with E-state index in [1.54, 1.807) is 0 Å². The Kier molecular flexibility index (Phi) is 3.38. The molecule has 0 spiro atoms. The zero-order valence-corrected chi connectivity index (χ0v) is 10.1. The number of carbonyl (C=O) groups excluding carboxylic acids is 1. The Morgan fingerprint density at radius 2 is 1.75 bits per heavy atom. The number of rotatable bonds is 4. The largest absolute Gasteiger partial charge is 0.466 e. The molecule has 0 saturated heterocycles. The average molecular weight is 274 g/mol. The molecule has 0 amide bonds. The molecule has 0 aromatic carbocycles. The highest BCUT2D eigenvalue weighted by atomic mass is 31.2. The maximum atomic E-state index is 11.2. The van der Waals surface area contributed by atoms with Crippen LogP contribution in [0.15, 0.2) is 0 Å². The summed E-state index contributed by atoms with van der Waals surface area (Å²) in [5, 5.41) is 0. The van der Waals surface area contributed by atoms with Crippen molar-refractivity contribution in [1.82, 2.24) is 0 Å². The fourth-order valence-corrected chi connectivity index (χ4v) is 4.79. The van der Waals surface area contributed by atoms with Crippen molar-refractivity contribution in [1.29, 1.82) is 0 Å². The summed E-state index contributed by atoms with van der Waals surface area (Å²) in [6.07, 6.45) is -0.555. The first-order valence-corrected chi connectivity index (χ1v) is 7.58. The first-order chi connectivity index (χ1) is 7.08. The molecule has 0 aliphatic heterocycles. The van der Waals surface area contributed by atoms with E-state index in [4.69, 9.17) is 19.6 Å². The smallest absolute Gasteiger partial charge is 0.344 e. The molecular formula is C6H12O8P2. The van der Waals surface area contributed by atoms with Gasteiger partial charge in [0.05, 0.1) is 12.5 Å². The number of ether oxygens (including phenoxy) is 1. The zero-order chi connectivity index (χ0) is 12.8. The van der Waals surface area contributed by atoms with E-state index in [1.807, 2.05) is 0 Å². The summed E-state index contributed by atoms with van der Waals surface area (Å²) in [7, 11) is -10.2. The highest BCUT2D eigenvalue weighted by Gasteiger charge is 2.79. The normalized spacial score (nSPS) is 23.9. The molecule has 1 saturated carbocycles. The Hall–Kier alpha value is -0.230. The Morgan fingerprint density at radius 1 is 1.31 bits per heavy atom. The van der Waals surface area contributed by atoms with Crippen molar-refractivity contribution in [3.8, 4) is 0 Å². The molecular weight excluding hydrogens is 262 g/mol. The maximum absolute atomic E-state index is 11.2. The third-order valence-corrected chi connectivity index (χ3v) is 7.05. The molecule has 16 heavy (non-hydrogen) atoms. The summed E-state index contributed by atoms with van der Waals surface area (Å²) in [6, 6.07) is 0. The van der Waals surface area contributed by atoms with Gasteiger partial charge in [-0.15, -0.1) is 0 Å². The first-order valence-electron chi connectivity index (χ1n) is 4.36. The summed E-state index contributed by atoms with van der Waals surface area (Å²) in [5.74, 6) is -2.43. The van der Waals surface area contributed by atoms with Crippen molar-refractivity contribution in [2.45, 2.75) is 18.2 Å². The molecule has 0 heterocycles. The van der Waals surface area contributed by atoms with Crippen LogP contribution in [-0.4, -0.2) is 37.0 Å². The lowest BCUT2D eigenvalue weighted by molar-refractivity contribution is -0.144. The van der Waals surface area contributed by atoms with Crippen molar-refractivity contribution in [2.75, 3.05) is 6.61 Å². The van der Waals surface area contributed by atoms with Crippen molar-refractivity contribution < 1.29 is 38.2 Å². The molecule has 0 radical (unpaired) electrons. The monoisotopic (exact) mass is 274 g/mol. The Labute approximate surface area is 90.9 Å². The van der Waals surface area contributed by atoms with Crippen LogP contribution in [0.1, 0.15) is 13.3 Å². The molecule has 1 aliphatic rings. The third kappa shape index (κ3) is 1.97. The van der Waals surface area contributed by atoms with E-state index in [1.165, 1.54) is 6.92 Å². The maximum Gasteiger partial charge on any atom is 0.344 e. The molecule has 0 bridgehead atoms. The summed E-state index contributed by atoms with van der Waals surface area (Å²) in [4.78, 5) is 44.4. The predicted octanol–water partition coefficient (Wildman–Crippen LogP) is -0.379. The molecule has 10 heteroatoms. The van der Waals surface area contributed by atoms with Gasteiger partial charge in [-0.1, -0.05) is 0 Å². The highest BCUT2D eigenvalue weighted by molar-refractivity contribution is 7.73. The van der Waals surface area contributed by atoms with E-state index < -0.39 is 38.4 Å². The lowest BCUT2D eigenvalue weighted by Crippen LogP contribution is -2.19. The topological polar surface area (TPSA) is 141 Å². The van der Waals surface area contributed by atoms with E-state index >= 15 is 0 Å². The molecule has 1 rings (SSSR count). The summed E-state index contributed by atoms with van der Waals surface area (Å²) in [5.41, 5.74) is 0. The van der Waals surface area contributed by atoms with E-state index in [0.717, 1.165) is 0 Å². The van der Waals surface area contributed by atoms with Gasteiger partial charge in [-0.05, 0) is 13.3 Å². The molecule has 1 fully saturated rings. The number of carbonyl (C=O) groups is 1. The first kappa shape index (κ1) is 13.8. The van der Waals surface area contributed by atoms with Gasteiger partial charge in [0.2, 0.25) is 0 Å². The Balaban J connectivity index is 3.04. The summed E-state index contributed by atoms with van der Waals surface area (Å²) in [6.45, 7) is 1.46. The average Bonchev–Trinajstić information content (AvgIpc) is 2.76. The van der Waals surface area contributed by atoms with Crippen LogP contribution in [0, 0.1) is 5.92 Å². The van der Waals surface area contributed by atoms with Gasteiger partial charge in [0.15, 0.2) is 4.90 Å². The van der Waals surface area contributed by atoms with Gasteiger partial charge in [-0.3, -0.25) is 13.9 Å². The van der Waals surface area contributed by atoms with Crippen LogP contribution in [0.25, 0.3) is 0 Å². The summed E-state index contributed by atoms with van der Waals surface area (Å²) >= 11 is 0. The minimum Gasteiger partial charge on any atom is -0.466 e. The number of esters is 1. The predicted molar refractivity (Wildman–Crippen MR) is 51.6 cm³/mol. The number of hydrogen-bond donors (Lipinski definition) is 4. The lowest BCUT2D eigenvalue weighted by Gasteiger charge is -2.19. The van der Waals surface area contributed by atoms with Gasteiger partial charge >= 0.3 is 21.2 Å². The van der Waals surface area contributed by atoms with Gasteiger partial charge in [0, 0.05) is 0 Å². The van der Waals surface area contributed by atoms with Crippen LogP contribution in [-0.2, 0) is 18.7 Å². The Morgan fingerprint density at radius 3 is 2.00 bits per heavy atom. The fraction of sp³-hybridized carbons (Fsp3) is 0.833. The molecule has 1 atom stereocenters. The fourth-order valence-electron chi connectivity index (χ4n) is 1.57. The van der Waals surface area contributed by atoms with Crippen LogP contribution in [0.3, 0.4) is 0 Å². The minimum absolute atomic E-state index is 0.0201. The van der Waals surface area contributed by atoms with E-state index in [2.05, 4.69) is 4.74 Å². The number of hydrogen-bond acceptors (Lipinski definition) is 4. The van der Waals surface area contributed by atoms with Crippen LogP contribution in [0.4, 0.5) is 0 Å². The second-order valence-corrected chi connectivity index (χ2v) is 7.60. The van der Waals surface area contributed by atoms with Crippen LogP contribution in [0.5, 0.6) is 0 Å². The van der Waals surface area contributed by atoms with E-state index in [9.17, 15) is 13.9 Å². The third-order valence-electron chi connectivity index (χ3n) is 2.48. The van der Waals surface area contributed by atoms with Gasteiger partial charge in [0.25, 0.3) is 0 Å². The zero-order valence-electron chi connectivity index (χ0n) is 8.31. The van der Waals surface area contributed by atoms with Crippen LogP contribution < -0.4 is 0 Å². The van der Waals surface area contributed by atoms with Crippen molar-refractivity contribution in [3.05, 3.63) is 0 Å². The molecule has 0 aromatic heterocycles. The molecule has 1 aliphatic carbocycles. The standard InChI is InChI=1S/C6H12O8P2/c1-2-14-5(7)4-3-6(4,15(8,9)10)16(11,12)13/h4H,2-3H2,1H3,(H2,8,9,10)(H2,11,12,13). The molecule has 1 unspecified atom stereocenters. The molecule has 4 N–H and O–H groups in total. The van der Waals surface area contributed by atoms with E-state index in [0.29, 0.717) is 0 Å². The van der Waals surface area contributed by atoms with Gasteiger partial charge < -0.3 is 24.3 Å². The Bertz CT molecular complexity index is 369. The van der Waals surface area contributed by atoms with Crippen molar-refractivity contribution in [3.63, 3.8) is 0 Å². The molecule has 8 nitrogen and oxygen atoms in total. The van der Waals surface area contributed by atoms with Crippen LogP contribution in [0.2, 0.25) is 0 Å². The second kappa shape index (κ2) is 3.91. The lowest BCUT2D eigenvalue weighted by atomic mass is 10.4. The van der Waals surface area contributed by atoms with Gasteiger partial charge in [0.1, 0.15) is 0 Å². The summed E-state index contributed by atoms with van der Waals surface area (Å²) < 4.78 is 26.6. The van der Waals surface area contributed by atoms with E-state index in [-0.39, 0.29) is 6.61 Å². The molecule has 0 aromatic rings. The highest BCUT2D eigenvalue weighted by Crippen LogP contribution is 2.83. The van der Waals surface area contributed by atoms with Crippen LogP contribution >= 0.6 is 15.2 Å². The van der Waals surface area contributed by atoms with Crippen molar-refractivity contribution in [2.24, 2.45) is 5.92 Å².